The van der Waals surface area contributed by atoms with Gasteiger partial charge in [-0.2, -0.15) is 4.31 Å². The third-order valence-electron chi connectivity index (χ3n) is 2.59. The summed E-state index contributed by atoms with van der Waals surface area (Å²) in [6, 6.07) is 1.34. The van der Waals surface area contributed by atoms with Crippen molar-refractivity contribution >= 4 is 61.8 Å². The highest BCUT2D eigenvalue weighted by atomic mass is 35.5. The lowest BCUT2D eigenvalue weighted by molar-refractivity contribution is 0.0386. The summed E-state index contributed by atoms with van der Waals surface area (Å²) in [5, 5.41) is 0. The first-order valence-corrected chi connectivity index (χ1v) is 8.60. The molecule has 1 aliphatic rings. The van der Waals surface area contributed by atoms with Crippen molar-refractivity contribution in [2.75, 3.05) is 19.7 Å². The average molecular weight is 361 g/mol. The first-order valence-electron chi connectivity index (χ1n) is 5.18. The first-order chi connectivity index (χ1) is 8.82. The molecule has 2 N–H and O–H groups in total. The second kappa shape index (κ2) is 5.80. The molecule has 0 aromatic carbocycles. The molecule has 0 bridgehead atoms. The zero-order valence-electron chi connectivity index (χ0n) is 9.51. The zero-order valence-corrected chi connectivity index (χ0v) is 13.5. The molecule has 1 aliphatic heterocycles. The minimum atomic E-state index is -3.71. The Balaban J connectivity index is 2.29. The maximum Gasteiger partial charge on any atom is 0.245 e. The molecule has 0 radical (unpaired) electrons. The maximum absolute atomic E-state index is 12.4. The molecule has 1 atom stereocenters. The highest BCUT2D eigenvalue weighted by molar-refractivity contribution is 7.89. The van der Waals surface area contributed by atoms with Crippen molar-refractivity contribution in [2.45, 2.75) is 11.0 Å². The van der Waals surface area contributed by atoms with Crippen LogP contribution in [0.15, 0.2) is 11.0 Å². The Morgan fingerprint density at radius 3 is 2.79 bits per heavy atom. The molecule has 1 saturated heterocycles. The molecule has 2 heterocycles. The lowest BCUT2D eigenvalue weighted by Gasteiger charge is -2.31. The number of nitrogens with two attached hydrogens (primary N) is 1. The highest BCUT2D eigenvalue weighted by Gasteiger charge is 2.34. The molecule has 106 valence electrons. The van der Waals surface area contributed by atoms with E-state index < -0.39 is 16.1 Å². The number of hydrogen-bond acceptors (Lipinski definition) is 5. The highest BCUT2D eigenvalue weighted by Crippen LogP contribution is 2.36. The predicted molar refractivity (Wildman–Crippen MR) is 79.6 cm³/mol. The summed E-state index contributed by atoms with van der Waals surface area (Å²) in [5.74, 6) is 0. The molecule has 1 fully saturated rings. The predicted octanol–water partition coefficient (Wildman–Crippen LogP) is 1.73. The molecular formula is C9H10Cl2N2O3S3. The van der Waals surface area contributed by atoms with Crippen LogP contribution >= 0.6 is 46.8 Å². The Bertz CT molecular complexity index is 602. The molecule has 0 amide bonds. The summed E-state index contributed by atoms with van der Waals surface area (Å²) in [5.41, 5.74) is 5.49. The van der Waals surface area contributed by atoms with E-state index in [4.69, 9.17) is 45.9 Å². The third kappa shape index (κ3) is 3.21. The molecule has 1 aromatic rings. The summed E-state index contributed by atoms with van der Waals surface area (Å²) in [7, 11) is -3.71. The van der Waals surface area contributed by atoms with Crippen LogP contribution in [-0.2, 0) is 14.8 Å². The molecule has 10 heteroatoms. The fourth-order valence-electron chi connectivity index (χ4n) is 1.66. The monoisotopic (exact) mass is 360 g/mol. The molecule has 19 heavy (non-hydrogen) atoms. The van der Waals surface area contributed by atoms with E-state index in [-0.39, 0.29) is 33.9 Å². The molecule has 0 aliphatic carbocycles. The molecule has 5 nitrogen and oxygen atoms in total. The van der Waals surface area contributed by atoms with E-state index in [2.05, 4.69) is 0 Å². The van der Waals surface area contributed by atoms with E-state index in [0.717, 1.165) is 11.3 Å². The summed E-state index contributed by atoms with van der Waals surface area (Å²) >= 11 is 17.5. The van der Waals surface area contributed by atoms with Crippen LogP contribution < -0.4 is 5.73 Å². The SMILES string of the molecule is NC(=S)C1CN(S(=O)(=O)c2cc(Cl)sc2Cl)CCO1. The van der Waals surface area contributed by atoms with E-state index in [0.29, 0.717) is 4.34 Å². The van der Waals surface area contributed by atoms with Gasteiger partial charge in [0.15, 0.2) is 0 Å². The van der Waals surface area contributed by atoms with E-state index in [9.17, 15) is 8.42 Å². The van der Waals surface area contributed by atoms with Gasteiger partial charge in [-0.15, -0.1) is 11.3 Å². The van der Waals surface area contributed by atoms with Crippen LogP contribution in [0.1, 0.15) is 0 Å². The van der Waals surface area contributed by atoms with Crippen LogP contribution in [0.2, 0.25) is 8.67 Å². The zero-order chi connectivity index (χ0) is 14.2. The third-order valence-corrected chi connectivity index (χ3v) is 6.47. The standard InChI is InChI=1S/C9H10Cl2N2O3S3/c10-7-3-6(8(11)18-7)19(14,15)13-1-2-16-5(4-13)9(12)17/h3,5H,1-2,4H2,(H2,12,17). The summed E-state index contributed by atoms with van der Waals surface area (Å²) in [6.07, 6.45) is -0.577. The van der Waals surface area contributed by atoms with Crippen molar-refractivity contribution in [2.24, 2.45) is 5.73 Å². The number of morpholine rings is 1. The van der Waals surface area contributed by atoms with Gasteiger partial charge in [0, 0.05) is 13.1 Å². The minimum absolute atomic E-state index is 0.00718. The van der Waals surface area contributed by atoms with E-state index in [1.165, 1.54) is 10.4 Å². The summed E-state index contributed by atoms with van der Waals surface area (Å²) in [4.78, 5) is 0.141. The fraction of sp³-hybridized carbons (Fsp3) is 0.444. The summed E-state index contributed by atoms with van der Waals surface area (Å²) < 4.78 is 31.9. The van der Waals surface area contributed by atoms with E-state index in [1.54, 1.807) is 0 Å². The normalized spacial score (nSPS) is 21.5. The minimum Gasteiger partial charge on any atom is -0.391 e. The fourth-order valence-corrected chi connectivity index (χ4v) is 5.34. The topological polar surface area (TPSA) is 72.6 Å². The Morgan fingerprint density at radius 1 is 1.58 bits per heavy atom. The van der Waals surface area contributed by atoms with Gasteiger partial charge in [-0.25, -0.2) is 8.42 Å². The number of ether oxygens (including phenoxy) is 1. The number of thiocarbonyl (C=S) groups is 1. The smallest absolute Gasteiger partial charge is 0.245 e. The number of hydrogen-bond donors (Lipinski definition) is 1. The Labute approximate surface area is 130 Å². The van der Waals surface area contributed by atoms with Crippen molar-refractivity contribution in [1.82, 2.24) is 4.31 Å². The molecule has 1 unspecified atom stereocenters. The Hall–Kier alpha value is 0.0400. The quantitative estimate of drug-likeness (QED) is 0.831. The largest absolute Gasteiger partial charge is 0.391 e. The van der Waals surface area contributed by atoms with Gasteiger partial charge in [0.25, 0.3) is 0 Å². The lowest BCUT2D eigenvalue weighted by Crippen LogP contribution is -2.49. The number of thiophene rings is 1. The van der Waals surface area contributed by atoms with Gasteiger partial charge in [-0.1, -0.05) is 35.4 Å². The van der Waals surface area contributed by atoms with Gasteiger partial charge in [0.1, 0.15) is 20.3 Å². The average Bonchev–Trinajstić information content (AvgIpc) is 2.69. The Kier molecular flexibility index (Phi) is 4.71. The Morgan fingerprint density at radius 2 is 2.26 bits per heavy atom. The molecule has 0 spiro atoms. The van der Waals surface area contributed by atoms with Crippen molar-refractivity contribution in [3.63, 3.8) is 0 Å². The number of nitrogens with zero attached hydrogens (tertiary/aromatic N) is 1. The number of sulfonamides is 1. The molecule has 0 saturated carbocycles. The molecule has 2 rings (SSSR count). The maximum atomic E-state index is 12.4. The van der Waals surface area contributed by atoms with Crippen LogP contribution in [0, 0.1) is 0 Å². The number of halogens is 2. The summed E-state index contributed by atoms with van der Waals surface area (Å²) in [6.45, 7) is 0.545. The van der Waals surface area contributed by atoms with Crippen LogP contribution in [0.4, 0.5) is 0 Å². The van der Waals surface area contributed by atoms with Crippen molar-refractivity contribution in [1.29, 1.82) is 0 Å². The van der Waals surface area contributed by atoms with Gasteiger partial charge in [-0.05, 0) is 6.07 Å². The number of rotatable bonds is 3. The second-order valence-electron chi connectivity index (χ2n) is 3.81. The van der Waals surface area contributed by atoms with Gasteiger partial charge in [-0.3, -0.25) is 0 Å². The van der Waals surface area contributed by atoms with Gasteiger partial charge in [0.2, 0.25) is 10.0 Å². The van der Waals surface area contributed by atoms with E-state index in [1.807, 2.05) is 0 Å². The first kappa shape index (κ1) is 15.4. The van der Waals surface area contributed by atoms with Gasteiger partial charge < -0.3 is 10.5 Å². The lowest BCUT2D eigenvalue weighted by atomic mass is 10.3. The van der Waals surface area contributed by atoms with Crippen molar-refractivity contribution < 1.29 is 13.2 Å². The van der Waals surface area contributed by atoms with Gasteiger partial charge >= 0.3 is 0 Å². The van der Waals surface area contributed by atoms with Crippen molar-refractivity contribution in [3.05, 3.63) is 14.7 Å². The van der Waals surface area contributed by atoms with Crippen molar-refractivity contribution in [3.8, 4) is 0 Å². The van der Waals surface area contributed by atoms with Crippen LogP contribution in [0.5, 0.6) is 0 Å². The van der Waals surface area contributed by atoms with E-state index >= 15 is 0 Å². The van der Waals surface area contributed by atoms with Gasteiger partial charge in [0.05, 0.1) is 10.9 Å². The second-order valence-corrected chi connectivity index (χ2v) is 8.48. The van der Waals surface area contributed by atoms with Crippen LogP contribution in [0.3, 0.4) is 0 Å². The molecule has 1 aromatic heterocycles. The van der Waals surface area contributed by atoms with Crippen LogP contribution in [0.25, 0.3) is 0 Å². The molecular weight excluding hydrogens is 351 g/mol. The van der Waals surface area contributed by atoms with Crippen LogP contribution in [-0.4, -0.2) is 43.5 Å².